The van der Waals surface area contributed by atoms with E-state index in [-0.39, 0.29) is 6.04 Å². The number of anilines is 1. The van der Waals surface area contributed by atoms with Crippen LogP contribution in [0.2, 0.25) is 0 Å². The van der Waals surface area contributed by atoms with E-state index in [9.17, 15) is 0 Å². The molecule has 0 bridgehead atoms. The molecule has 3 heterocycles. The Bertz CT molecular complexity index is 760. The number of nitrogens with one attached hydrogen (secondary N) is 1. The SMILES string of the molecule is c1coc([C@@H](CNc2ncnc3ccccc23)N2CCCC2)c1. The molecular weight excluding hydrogens is 288 g/mol. The number of fused-ring (bicyclic) bond motifs is 1. The highest BCUT2D eigenvalue weighted by Crippen LogP contribution is 2.27. The lowest BCUT2D eigenvalue weighted by atomic mass is 10.2. The number of nitrogens with zero attached hydrogens (tertiary/aromatic N) is 3. The van der Waals surface area contributed by atoms with Crippen molar-refractivity contribution in [2.45, 2.75) is 18.9 Å². The minimum atomic E-state index is 0.237. The Hall–Kier alpha value is -2.40. The van der Waals surface area contributed by atoms with Gasteiger partial charge in [0.1, 0.15) is 17.9 Å². The number of furan rings is 1. The molecule has 23 heavy (non-hydrogen) atoms. The van der Waals surface area contributed by atoms with E-state index in [2.05, 4.69) is 32.3 Å². The van der Waals surface area contributed by atoms with Crippen molar-refractivity contribution in [1.29, 1.82) is 0 Å². The summed E-state index contributed by atoms with van der Waals surface area (Å²) in [4.78, 5) is 11.2. The normalized spacial score (nSPS) is 16.7. The first-order chi connectivity index (χ1) is 11.4. The van der Waals surface area contributed by atoms with Crippen molar-refractivity contribution in [3.05, 3.63) is 54.7 Å². The van der Waals surface area contributed by atoms with Gasteiger partial charge >= 0.3 is 0 Å². The van der Waals surface area contributed by atoms with Crippen molar-refractivity contribution in [3.8, 4) is 0 Å². The van der Waals surface area contributed by atoms with Gasteiger partial charge in [-0.3, -0.25) is 4.90 Å². The minimum absolute atomic E-state index is 0.237. The summed E-state index contributed by atoms with van der Waals surface area (Å²) >= 11 is 0. The van der Waals surface area contributed by atoms with E-state index < -0.39 is 0 Å². The minimum Gasteiger partial charge on any atom is -0.468 e. The zero-order valence-electron chi connectivity index (χ0n) is 13.0. The van der Waals surface area contributed by atoms with Gasteiger partial charge in [-0.15, -0.1) is 0 Å². The lowest BCUT2D eigenvalue weighted by Gasteiger charge is -2.26. The van der Waals surface area contributed by atoms with Gasteiger partial charge in [-0.25, -0.2) is 9.97 Å². The van der Waals surface area contributed by atoms with E-state index in [1.54, 1.807) is 12.6 Å². The predicted octanol–water partition coefficient (Wildman–Crippen LogP) is 3.47. The number of hydrogen-bond donors (Lipinski definition) is 1. The van der Waals surface area contributed by atoms with Crippen LogP contribution < -0.4 is 5.32 Å². The van der Waals surface area contributed by atoms with E-state index in [1.807, 2.05) is 24.3 Å². The number of hydrogen-bond acceptors (Lipinski definition) is 5. The van der Waals surface area contributed by atoms with Gasteiger partial charge in [0.25, 0.3) is 0 Å². The molecule has 1 aliphatic rings. The predicted molar refractivity (Wildman–Crippen MR) is 90.3 cm³/mol. The molecule has 1 aromatic carbocycles. The lowest BCUT2D eigenvalue weighted by molar-refractivity contribution is 0.225. The summed E-state index contributed by atoms with van der Waals surface area (Å²) in [5, 5.41) is 4.55. The summed E-state index contributed by atoms with van der Waals surface area (Å²) in [5.41, 5.74) is 0.959. The average Bonchev–Trinajstić information content (AvgIpc) is 3.29. The molecule has 1 fully saturated rings. The highest BCUT2D eigenvalue weighted by atomic mass is 16.3. The summed E-state index contributed by atoms with van der Waals surface area (Å²) in [7, 11) is 0. The molecule has 4 rings (SSSR count). The Morgan fingerprint density at radius 1 is 1.09 bits per heavy atom. The summed E-state index contributed by atoms with van der Waals surface area (Å²) in [6, 6.07) is 12.3. The maximum absolute atomic E-state index is 5.67. The standard InChI is InChI=1S/C18H20N4O/c1-2-7-15-14(6-1)18(21-13-20-15)19-12-16(17-8-5-11-23-17)22-9-3-4-10-22/h1-2,5-8,11,13,16H,3-4,9-10,12H2,(H,19,20,21)/t16-/m1/s1. The Kier molecular flexibility index (Phi) is 3.94. The van der Waals surface area contributed by atoms with Crippen LogP contribution in [0.5, 0.6) is 0 Å². The third kappa shape index (κ3) is 2.92. The lowest BCUT2D eigenvalue weighted by Crippen LogP contribution is -2.30. The molecule has 2 aromatic heterocycles. The van der Waals surface area contributed by atoms with Gasteiger partial charge in [-0.1, -0.05) is 12.1 Å². The van der Waals surface area contributed by atoms with Gasteiger partial charge in [0.05, 0.1) is 17.8 Å². The smallest absolute Gasteiger partial charge is 0.137 e. The molecule has 5 heteroatoms. The Balaban J connectivity index is 1.57. The van der Waals surface area contributed by atoms with Gasteiger partial charge in [-0.05, 0) is 50.2 Å². The van der Waals surface area contributed by atoms with Crippen LogP contribution in [0.4, 0.5) is 5.82 Å². The largest absolute Gasteiger partial charge is 0.468 e. The highest BCUT2D eigenvalue weighted by molar-refractivity contribution is 5.88. The van der Waals surface area contributed by atoms with E-state index in [0.29, 0.717) is 0 Å². The van der Waals surface area contributed by atoms with Crippen LogP contribution in [0.1, 0.15) is 24.6 Å². The van der Waals surface area contributed by atoms with Crippen molar-refractivity contribution < 1.29 is 4.42 Å². The van der Waals surface area contributed by atoms with Crippen LogP contribution in [0.3, 0.4) is 0 Å². The van der Waals surface area contributed by atoms with Gasteiger partial charge in [0, 0.05) is 11.9 Å². The molecule has 1 N–H and O–H groups in total. The third-order valence-electron chi connectivity index (χ3n) is 4.46. The molecule has 1 aliphatic heterocycles. The Labute approximate surface area is 135 Å². The second-order valence-corrected chi connectivity index (χ2v) is 5.89. The van der Waals surface area contributed by atoms with Crippen molar-refractivity contribution in [2.75, 3.05) is 25.0 Å². The molecule has 0 radical (unpaired) electrons. The zero-order chi connectivity index (χ0) is 15.5. The van der Waals surface area contributed by atoms with Crippen molar-refractivity contribution >= 4 is 16.7 Å². The second kappa shape index (κ2) is 6.38. The van der Waals surface area contributed by atoms with Crippen LogP contribution in [0.25, 0.3) is 10.9 Å². The Morgan fingerprint density at radius 3 is 2.78 bits per heavy atom. The quantitative estimate of drug-likeness (QED) is 0.782. The van der Waals surface area contributed by atoms with Gasteiger partial charge < -0.3 is 9.73 Å². The van der Waals surface area contributed by atoms with Crippen LogP contribution in [0, 0.1) is 0 Å². The topological polar surface area (TPSA) is 54.2 Å². The molecule has 0 aliphatic carbocycles. The number of aromatic nitrogens is 2. The van der Waals surface area contributed by atoms with Gasteiger partial charge in [0.2, 0.25) is 0 Å². The van der Waals surface area contributed by atoms with Gasteiger partial charge in [-0.2, -0.15) is 0 Å². The molecule has 1 atom stereocenters. The van der Waals surface area contributed by atoms with Crippen LogP contribution in [-0.2, 0) is 0 Å². The second-order valence-electron chi connectivity index (χ2n) is 5.89. The average molecular weight is 308 g/mol. The van der Waals surface area contributed by atoms with E-state index >= 15 is 0 Å². The monoisotopic (exact) mass is 308 g/mol. The highest BCUT2D eigenvalue weighted by Gasteiger charge is 2.25. The fourth-order valence-electron chi connectivity index (χ4n) is 3.28. The molecule has 3 aromatic rings. The number of rotatable bonds is 5. The molecule has 0 saturated carbocycles. The molecule has 0 unspecified atom stereocenters. The summed E-state index contributed by atoms with van der Waals surface area (Å²) in [5.74, 6) is 1.89. The molecule has 5 nitrogen and oxygen atoms in total. The van der Waals surface area contributed by atoms with Gasteiger partial charge in [0.15, 0.2) is 0 Å². The number of benzene rings is 1. The van der Waals surface area contributed by atoms with Crippen LogP contribution >= 0.6 is 0 Å². The molecular formula is C18H20N4O. The van der Waals surface area contributed by atoms with Crippen molar-refractivity contribution in [3.63, 3.8) is 0 Å². The zero-order valence-corrected chi connectivity index (χ0v) is 13.0. The first-order valence-electron chi connectivity index (χ1n) is 8.13. The van der Waals surface area contributed by atoms with Crippen molar-refractivity contribution in [1.82, 2.24) is 14.9 Å². The molecule has 0 spiro atoms. The Morgan fingerprint density at radius 2 is 1.96 bits per heavy atom. The number of para-hydroxylation sites is 1. The van der Waals surface area contributed by atoms with E-state index in [4.69, 9.17) is 4.42 Å². The summed E-state index contributed by atoms with van der Waals surface area (Å²) < 4.78 is 5.67. The number of likely N-dealkylation sites (tertiary alicyclic amines) is 1. The summed E-state index contributed by atoms with van der Waals surface area (Å²) in [6.07, 6.45) is 5.88. The molecule has 118 valence electrons. The van der Waals surface area contributed by atoms with Crippen molar-refractivity contribution in [2.24, 2.45) is 0 Å². The molecule has 0 amide bonds. The maximum Gasteiger partial charge on any atom is 0.137 e. The fourth-order valence-corrected chi connectivity index (χ4v) is 3.28. The first-order valence-corrected chi connectivity index (χ1v) is 8.13. The van der Waals surface area contributed by atoms with E-state index in [0.717, 1.165) is 42.1 Å². The molecule has 1 saturated heterocycles. The first kappa shape index (κ1) is 14.2. The third-order valence-corrected chi connectivity index (χ3v) is 4.46. The van der Waals surface area contributed by atoms with Crippen LogP contribution in [-0.4, -0.2) is 34.5 Å². The maximum atomic E-state index is 5.67. The fraction of sp³-hybridized carbons (Fsp3) is 0.333. The summed E-state index contributed by atoms with van der Waals surface area (Å²) in [6.45, 7) is 3.02. The van der Waals surface area contributed by atoms with E-state index in [1.165, 1.54) is 12.8 Å². The van der Waals surface area contributed by atoms with Crippen LogP contribution in [0.15, 0.2) is 53.4 Å².